The van der Waals surface area contributed by atoms with Crippen molar-refractivity contribution in [1.29, 1.82) is 0 Å². The van der Waals surface area contributed by atoms with Crippen LogP contribution in [0.5, 0.6) is 0 Å². The molecule has 0 radical (unpaired) electrons. The molecule has 0 N–H and O–H groups in total. The summed E-state index contributed by atoms with van der Waals surface area (Å²) < 4.78 is 24.3. The van der Waals surface area contributed by atoms with E-state index in [4.69, 9.17) is 11.6 Å². The quantitative estimate of drug-likeness (QED) is 0.476. The lowest BCUT2D eigenvalue weighted by Gasteiger charge is -2.00. The smallest absolute Gasteiger partial charge is 0.358 e. The molecule has 1 rings (SSSR count). The second kappa shape index (κ2) is 4.14. The molecule has 0 bridgehead atoms. The van der Waals surface area contributed by atoms with E-state index in [1.54, 1.807) is 0 Å². The lowest BCUT2D eigenvalue weighted by molar-refractivity contribution is -0.390. The summed E-state index contributed by atoms with van der Waals surface area (Å²) in [6.07, 6.45) is -2.81. The van der Waals surface area contributed by atoms with Crippen molar-refractivity contribution in [2.75, 3.05) is 0 Å². The summed E-state index contributed by atoms with van der Waals surface area (Å²) >= 11 is 8.08. The largest absolute Gasteiger partial charge is 0.379 e. The number of nitro groups is 1. The van der Waals surface area contributed by atoms with E-state index < -0.39 is 27.9 Å². The molecule has 0 spiro atoms. The first-order valence-corrected chi connectivity index (χ1v) is 4.39. The zero-order chi connectivity index (χ0) is 10.9. The highest BCUT2D eigenvalue weighted by Crippen LogP contribution is 2.32. The van der Waals surface area contributed by atoms with E-state index in [0.717, 1.165) is 6.07 Å². The maximum absolute atomic E-state index is 12.2. The first kappa shape index (κ1) is 11.3. The molecule has 0 saturated heterocycles. The van der Waals surface area contributed by atoms with Crippen LogP contribution in [0.2, 0.25) is 5.15 Å². The topological polar surface area (TPSA) is 56.0 Å². The van der Waals surface area contributed by atoms with Gasteiger partial charge in [0.05, 0.1) is 5.56 Å². The fourth-order valence-corrected chi connectivity index (χ4v) is 1.45. The molecule has 1 heterocycles. The van der Waals surface area contributed by atoms with Crippen molar-refractivity contribution < 1.29 is 13.7 Å². The van der Waals surface area contributed by atoms with Gasteiger partial charge in [-0.25, -0.2) is 8.78 Å². The van der Waals surface area contributed by atoms with Gasteiger partial charge in [0.2, 0.25) is 0 Å². The van der Waals surface area contributed by atoms with Crippen LogP contribution in [0.4, 0.5) is 14.6 Å². The molecule has 0 aliphatic carbocycles. The molecule has 14 heavy (non-hydrogen) atoms. The third-order valence-electron chi connectivity index (χ3n) is 1.35. The van der Waals surface area contributed by atoms with Crippen LogP contribution in [-0.4, -0.2) is 9.91 Å². The molecule has 76 valence electrons. The molecule has 1 aromatic rings. The minimum atomic E-state index is -2.81. The number of hydrogen-bond acceptors (Lipinski definition) is 3. The molecule has 0 atom stereocenters. The number of pyridine rings is 1. The van der Waals surface area contributed by atoms with Crippen LogP contribution in [0.25, 0.3) is 0 Å². The summed E-state index contributed by atoms with van der Waals surface area (Å²) in [5.74, 6) is -0.584. The Labute approximate surface area is 90.2 Å². The third kappa shape index (κ3) is 2.16. The van der Waals surface area contributed by atoms with E-state index in [-0.39, 0.29) is 4.47 Å². The summed E-state index contributed by atoms with van der Waals surface area (Å²) in [6, 6.07) is 0.887. The number of aromatic nitrogens is 1. The summed E-state index contributed by atoms with van der Waals surface area (Å²) in [7, 11) is 0. The van der Waals surface area contributed by atoms with Gasteiger partial charge >= 0.3 is 5.82 Å². The van der Waals surface area contributed by atoms with E-state index >= 15 is 0 Å². The Hall–Kier alpha value is -0.820. The normalized spacial score (nSPS) is 10.6. The van der Waals surface area contributed by atoms with Gasteiger partial charge in [-0.3, -0.25) is 0 Å². The number of nitrogens with zero attached hydrogens (tertiary/aromatic N) is 2. The fourth-order valence-electron chi connectivity index (χ4n) is 0.753. The van der Waals surface area contributed by atoms with Crippen molar-refractivity contribution in [3.63, 3.8) is 0 Å². The van der Waals surface area contributed by atoms with Gasteiger partial charge in [0, 0.05) is 0 Å². The second-order valence-electron chi connectivity index (χ2n) is 2.23. The molecule has 0 fully saturated rings. The van der Waals surface area contributed by atoms with Gasteiger partial charge in [0.15, 0.2) is 0 Å². The third-order valence-corrected chi connectivity index (χ3v) is 2.23. The van der Waals surface area contributed by atoms with Crippen molar-refractivity contribution in [2.24, 2.45) is 0 Å². The summed E-state index contributed by atoms with van der Waals surface area (Å²) in [5, 5.41) is 9.76. The molecular weight excluding hydrogens is 285 g/mol. The molecular formula is C6H2BrClF2N2O2. The lowest BCUT2D eigenvalue weighted by Crippen LogP contribution is -1.97. The van der Waals surface area contributed by atoms with Gasteiger partial charge < -0.3 is 10.1 Å². The van der Waals surface area contributed by atoms with Crippen LogP contribution in [-0.2, 0) is 0 Å². The number of rotatable bonds is 2. The van der Waals surface area contributed by atoms with Crippen molar-refractivity contribution in [1.82, 2.24) is 4.98 Å². The lowest BCUT2D eigenvalue weighted by atomic mass is 10.3. The van der Waals surface area contributed by atoms with Crippen molar-refractivity contribution in [3.8, 4) is 0 Å². The number of alkyl halides is 2. The monoisotopic (exact) mass is 286 g/mol. The average Bonchev–Trinajstić information content (AvgIpc) is 2.07. The van der Waals surface area contributed by atoms with Gasteiger partial charge in [-0.1, -0.05) is 0 Å². The van der Waals surface area contributed by atoms with Crippen LogP contribution >= 0.6 is 27.5 Å². The molecule has 4 nitrogen and oxygen atoms in total. The minimum Gasteiger partial charge on any atom is -0.358 e. The maximum Gasteiger partial charge on any atom is 0.379 e. The summed E-state index contributed by atoms with van der Waals surface area (Å²) in [4.78, 5) is 12.7. The Kier molecular flexibility index (Phi) is 3.33. The minimum absolute atomic E-state index is 0.123. The molecule has 0 aliphatic rings. The predicted octanol–water partition coefficient (Wildman–Crippen LogP) is 3.34. The van der Waals surface area contributed by atoms with Crippen LogP contribution in [0.1, 0.15) is 12.0 Å². The molecule has 0 unspecified atom stereocenters. The van der Waals surface area contributed by atoms with Crippen LogP contribution in [0.15, 0.2) is 10.5 Å². The van der Waals surface area contributed by atoms with E-state index in [2.05, 4.69) is 20.9 Å². The fraction of sp³-hybridized carbons (Fsp3) is 0.167. The van der Waals surface area contributed by atoms with Gasteiger partial charge in [0.1, 0.15) is 4.47 Å². The molecule has 8 heteroatoms. The maximum atomic E-state index is 12.2. The summed E-state index contributed by atoms with van der Waals surface area (Å²) in [6.45, 7) is 0. The Morgan fingerprint density at radius 1 is 1.64 bits per heavy atom. The van der Waals surface area contributed by atoms with Crippen LogP contribution in [0, 0.1) is 10.1 Å². The average molecular weight is 287 g/mol. The SMILES string of the molecule is O=[N+]([O-])c1nc(Cl)c(C(F)F)cc1Br. The first-order valence-electron chi connectivity index (χ1n) is 3.22. The Balaban J connectivity index is 3.31. The first-order chi connectivity index (χ1) is 6.43. The highest BCUT2D eigenvalue weighted by Gasteiger charge is 2.23. The van der Waals surface area contributed by atoms with Gasteiger partial charge in [-0.2, -0.15) is 0 Å². The van der Waals surface area contributed by atoms with E-state index in [1.807, 2.05) is 0 Å². The second-order valence-corrected chi connectivity index (χ2v) is 3.44. The zero-order valence-electron chi connectivity index (χ0n) is 6.38. The van der Waals surface area contributed by atoms with Crippen molar-refractivity contribution in [3.05, 3.63) is 31.4 Å². The zero-order valence-corrected chi connectivity index (χ0v) is 8.72. The molecule has 0 aliphatic heterocycles. The molecule has 0 aromatic carbocycles. The summed E-state index contributed by atoms with van der Waals surface area (Å²) in [5.41, 5.74) is -0.538. The Bertz CT molecular complexity index is 388. The molecule has 0 amide bonds. The van der Waals surface area contributed by atoms with Gasteiger partial charge in [-0.15, -0.1) is 0 Å². The van der Waals surface area contributed by atoms with Crippen molar-refractivity contribution in [2.45, 2.75) is 6.43 Å². The Morgan fingerprint density at radius 3 is 2.64 bits per heavy atom. The standard InChI is InChI=1S/C6H2BrClF2N2O2/c7-3-1-2(5(9)10)4(8)11-6(3)12(13)14/h1,5H. The van der Waals surface area contributed by atoms with Crippen LogP contribution in [0.3, 0.4) is 0 Å². The van der Waals surface area contributed by atoms with E-state index in [0.29, 0.717) is 0 Å². The van der Waals surface area contributed by atoms with E-state index in [9.17, 15) is 18.9 Å². The molecule has 0 saturated carbocycles. The van der Waals surface area contributed by atoms with Crippen LogP contribution < -0.4 is 0 Å². The van der Waals surface area contributed by atoms with Gasteiger partial charge in [0.25, 0.3) is 11.6 Å². The number of halogens is 4. The Morgan fingerprint density at radius 2 is 2.21 bits per heavy atom. The number of hydrogen-bond donors (Lipinski definition) is 0. The van der Waals surface area contributed by atoms with Crippen molar-refractivity contribution >= 4 is 33.3 Å². The molecule has 1 aromatic heterocycles. The van der Waals surface area contributed by atoms with Gasteiger partial charge in [-0.05, 0) is 43.5 Å². The highest BCUT2D eigenvalue weighted by atomic mass is 79.9. The predicted molar refractivity (Wildman–Crippen MR) is 48.6 cm³/mol. The van der Waals surface area contributed by atoms with E-state index in [1.165, 1.54) is 0 Å². The highest BCUT2D eigenvalue weighted by molar-refractivity contribution is 9.10.